The summed E-state index contributed by atoms with van der Waals surface area (Å²) in [7, 11) is 0. The van der Waals surface area contributed by atoms with E-state index >= 15 is 0 Å². The molecule has 88 valence electrons. The highest BCUT2D eigenvalue weighted by molar-refractivity contribution is 9.10. The Balaban J connectivity index is 2.63. The molecule has 16 heavy (non-hydrogen) atoms. The van der Waals surface area contributed by atoms with Gasteiger partial charge in [0.1, 0.15) is 0 Å². The molecule has 1 aromatic carbocycles. The average Bonchev–Trinajstić information content (AvgIpc) is 2.21. The number of rotatable bonds is 4. The second-order valence-corrected chi connectivity index (χ2v) is 4.66. The van der Waals surface area contributed by atoms with Crippen LogP contribution in [0.5, 0.6) is 0 Å². The molecule has 0 bridgehead atoms. The van der Waals surface area contributed by atoms with Crippen molar-refractivity contribution in [2.45, 2.75) is 26.4 Å². The number of hydrogen-bond acceptors (Lipinski definition) is 2. The van der Waals surface area contributed by atoms with Crippen LogP contribution in [0.15, 0.2) is 22.7 Å². The number of hydrogen-bond donors (Lipinski definition) is 2. The Morgan fingerprint density at radius 1 is 1.56 bits per heavy atom. The molecular weight excluding hydrogens is 270 g/mol. The predicted octanol–water partition coefficient (Wildman–Crippen LogP) is 2.26. The van der Waals surface area contributed by atoms with Crippen LogP contribution >= 0.6 is 15.9 Å². The van der Waals surface area contributed by atoms with Gasteiger partial charge in [-0.1, -0.05) is 22.0 Å². The van der Waals surface area contributed by atoms with E-state index in [1.54, 1.807) is 13.0 Å². The lowest BCUT2D eigenvalue weighted by atomic mass is 10.1. The predicted molar refractivity (Wildman–Crippen MR) is 67.5 cm³/mol. The molecule has 1 unspecified atom stereocenters. The molecule has 0 aliphatic rings. The van der Waals surface area contributed by atoms with Crippen molar-refractivity contribution in [2.24, 2.45) is 0 Å². The van der Waals surface area contributed by atoms with Crippen LogP contribution in [0.1, 0.15) is 29.3 Å². The van der Waals surface area contributed by atoms with Gasteiger partial charge in [0.15, 0.2) is 0 Å². The van der Waals surface area contributed by atoms with Gasteiger partial charge in [-0.2, -0.15) is 0 Å². The lowest BCUT2D eigenvalue weighted by molar-refractivity contribution is 0.0945. The van der Waals surface area contributed by atoms with E-state index in [0.717, 1.165) is 10.0 Å². The Kier molecular flexibility index (Phi) is 4.96. The van der Waals surface area contributed by atoms with Crippen LogP contribution in [-0.2, 0) is 0 Å². The zero-order valence-electron chi connectivity index (χ0n) is 9.46. The van der Waals surface area contributed by atoms with Crippen molar-refractivity contribution >= 4 is 21.8 Å². The maximum absolute atomic E-state index is 11.8. The molecule has 0 radical (unpaired) electrons. The van der Waals surface area contributed by atoms with Crippen LogP contribution in [-0.4, -0.2) is 23.7 Å². The number of carbonyl (C=O) groups is 1. The van der Waals surface area contributed by atoms with Crippen molar-refractivity contribution in [3.05, 3.63) is 33.8 Å². The second-order valence-electron chi connectivity index (χ2n) is 3.81. The number of aliphatic hydroxyl groups is 1. The minimum Gasteiger partial charge on any atom is -0.393 e. The summed E-state index contributed by atoms with van der Waals surface area (Å²) in [5, 5.41) is 11.9. The van der Waals surface area contributed by atoms with Crippen molar-refractivity contribution in [3.63, 3.8) is 0 Å². The smallest absolute Gasteiger partial charge is 0.251 e. The summed E-state index contributed by atoms with van der Waals surface area (Å²) >= 11 is 3.39. The lowest BCUT2D eigenvalue weighted by Gasteiger charge is -2.09. The van der Waals surface area contributed by atoms with Gasteiger partial charge >= 0.3 is 0 Å². The minimum absolute atomic E-state index is 0.0977. The van der Waals surface area contributed by atoms with Gasteiger partial charge in [0.05, 0.1) is 6.10 Å². The zero-order chi connectivity index (χ0) is 12.1. The maximum Gasteiger partial charge on any atom is 0.251 e. The van der Waals surface area contributed by atoms with E-state index < -0.39 is 0 Å². The topological polar surface area (TPSA) is 49.3 Å². The molecule has 4 heteroatoms. The molecule has 1 aromatic rings. The standard InChI is InChI=1S/C12H16BrNO2/c1-8(15)6-7-14-12(16)10-4-3-5-11(13)9(10)2/h3-5,8,15H,6-7H2,1-2H3,(H,14,16). The van der Waals surface area contributed by atoms with Crippen LogP contribution in [0.2, 0.25) is 0 Å². The summed E-state index contributed by atoms with van der Waals surface area (Å²) < 4.78 is 0.927. The molecule has 1 atom stereocenters. The first-order valence-corrected chi connectivity index (χ1v) is 6.03. The molecule has 0 aliphatic heterocycles. The van der Waals surface area contributed by atoms with Crippen LogP contribution in [0.25, 0.3) is 0 Å². The van der Waals surface area contributed by atoms with Gasteiger partial charge in [0.2, 0.25) is 0 Å². The number of amides is 1. The van der Waals surface area contributed by atoms with Gasteiger partial charge in [-0.3, -0.25) is 4.79 Å². The zero-order valence-corrected chi connectivity index (χ0v) is 11.0. The fourth-order valence-corrected chi connectivity index (χ4v) is 1.71. The first kappa shape index (κ1) is 13.2. The molecule has 1 amide bonds. The van der Waals surface area contributed by atoms with E-state index in [9.17, 15) is 4.79 Å². The Bertz CT molecular complexity index is 377. The van der Waals surface area contributed by atoms with Crippen LogP contribution in [0.3, 0.4) is 0 Å². The van der Waals surface area contributed by atoms with Gasteiger partial charge in [-0.15, -0.1) is 0 Å². The quantitative estimate of drug-likeness (QED) is 0.892. The summed E-state index contributed by atoms with van der Waals surface area (Å²) in [6.45, 7) is 4.09. The van der Waals surface area contributed by atoms with Crippen molar-refractivity contribution in [1.82, 2.24) is 5.32 Å². The number of nitrogens with one attached hydrogen (secondary N) is 1. The molecular formula is C12H16BrNO2. The SMILES string of the molecule is Cc1c(Br)cccc1C(=O)NCCC(C)O. The van der Waals surface area contributed by atoms with Crippen molar-refractivity contribution in [3.8, 4) is 0 Å². The van der Waals surface area contributed by atoms with Crippen LogP contribution in [0, 0.1) is 6.92 Å². The van der Waals surface area contributed by atoms with E-state index in [4.69, 9.17) is 5.11 Å². The van der Waals surface area contributed by atoms with E-state index in [0.29, 0.717) is 18.5 Å². The van der Waals surface area contributed by atoms with Crippen LogP contribution in [0.4, 0.5) is 0 Å². The van der Waals surface area contributed by atoms with Gasteiger partial charge in [-0.25, -0.2) is 0 Å². The Morgan fingerprint density at radius 2 is 2.25 bits per heavy atom. The Morgan fingerprint density at radius 3 is 2.88 bits per heavy atom. The van der Waals surface area contributed by atoms with Crippen LogP contribution < -0.4 is 5.32 Å². The number of halogens is 1. The van der Waals surface area contributed by atoms with Gasteiger partial charge < -0.3 is 10.4 Å². The van der Waals surface area contributed by atoms with Gasteiger partial charge in [0.25, 0.3) is 5.91 Å². The van der Waals surface area contributed by atoms with Crippen molar-refractivity contribution in [1.29, 1.82) is 0 Å². The lowest BCUT2D eigenvalue weighted by Crippen LogP contribution is -2.27. The molecule has 0 saturated carbocycles. The molecule has 0 heterocycles. The summed E-state index contributed by atoms with van der Waals surface area (Å²) in [5.41, 5.74) is 1.59. The molecule has 0 aliphatic carbocycles. The fourth-order valence-electron chi connectivity index (χ4n) is 1.34. The molecule has 0 spiro atoms. The number of benzene rings is 1. The summed E-state index contributed by atoms with van der Waals surface area (Å²) in [6, 6.07) is 5.53. The molecule has 0 saturated heterocycles. The van der Waals surface area contributed by atoms with Gasteiger partial charge in [-0.05, 0) is 38.0 Å². The number of aliphatic hydroxyl groups excluding tert-OH is 1. The third-order valence-corrected chi connectivity index (χ3v) is 3.22. The molecule has 3 nitrogen and oxygen atoms in total. The molecule has 1 rings (SSSR count). The monoisotopic (exact) mass is 285 g/mol. The van der Waals surface area contributed by atoms with E-state index in [-0.39, 0.29) is 12.0 Å². The summed E-state index contributed by atoms with van der Waals surface area (Å²) in [4.78, 5) is 11.8. The normalized spacial score (nSPS) is 12.2. The summed E-state index contributed by atoms with van der Waals surface area (Å²) in [5.74, 6) is -0.0977. The van der Waals surface area contributed by atoms with E-state index in [1.165, 1.54) is 0 Å². The van der Waals surface area contributed by atoms with Crippen molar-refractivity contribution in [2.75, 3.05) is 6.54 Å². The molecule has 2 N–H and O–H groups in total. The Labute approximate surface area is 104 Å². The largest absolute Gasteiger partial charge is 0.393 e. The van der Waals surface area contributed by atoms with E-state index in [2.05, 4.69) is 21.2 Å². The van der Waals surface area contributed by atoms with Gasteiger partial charge in [0, 0.05) is 16.6 Å². The number of carbonyl (C=O) groups excluding carboxylic acids is 1. The second kappa shape index (κ2) is 6.01. The first-order chi connectivity index (χ1) is 7.52. The summed E-state index contributed by atoms with van der Waals surface area (Å²) in [6.07, 6.45) is 0.183. The minimum atomic E-state index is -0.385. The third kappa shape index (κ3) is 3.61. The molecule has 0 aromatic heterocycles. The highest BCUT2D eigenvalue weighted by Gasteiger charge is 2.10. The molecule has 0 fully saturated rings. The maximum atomic E-state index is 11.8. The fraction of sp³-hybridized carbons (Fsp3) is 0.417. The highest BCUT2D eigenvalue weighted by Crippen LogP contribution is 2.19. The van der Waals surface area contributed by atoms with Crippen molar-refractivity contribution < 1.29 is 9.90 Å². The average molecular weight is 286 g/mol. The Hall–Kier alpha value is -0.870. The first-order valence-electron chi connectivity index (χ1n) is 5.23. The highest BCUT2D eigenvalue weighted by atomic mass is 79.9. The van der Waals surface area contributed by atoms with E-state index in [1.807, 2.05) is 19.1 Å². The third-order valence-electron chi connectivity index (χ3n) is 2.36.